The zero-order valence-corrected chi connectivity index (χ0v) is 10.3. The Bertz CT molecular complexity index is 565. The van der Waals surface area contributed by atoms with E-state index in [4.69, 9.17) is 14.8 Å². The highest BCUT2D eigenvalue weighted by atomic mass is 32.2. The van der Waals surface area contributed by atoms with E-state index in [-0.39, 0.29) is 0 Å². The average molecular weight is 294 g/mol. The number of halogens is 1. The maximum absolute atomic E-state index is 13.1. The summed E-state index contributed by atoms with van der Waals surface area (Å²) in [6.07, 6.45) is 0. The van der Waals surface area contributed by atoms with Gasteiger partial charge in [0.15, 0.2) is 0 Å². The molecular weight excluding hydrogens is 283 g/mol. The minimum atomic E-state index is -4.65. The second-order valence-electron chi connectivity index (χ2n) is 3.58. The van der Waals surface area contributed by atoms with Crippen molar-refractivity contribution in [2.75, 3.05) is 13.2 Å². The van der Waals surface area contributed by atoms with Gasteiger partial charge < -0.3 is 14.9 Å². The average Bonchev–Trinajstić information content (AvgIpc) is 2.28. The van der Waals surface area contributed by atoms with Crippen LogP contribution in [0.1, 0.15) is 0 Å². The first-order chi connectivity index (χ1) is 8.77. The van der Waals surface area contributed by atoms with Gasteiger partial charge in [-0.05, 0) is 6.07 Å². The van der Waals surface area contributed by atoms with E-state index >= 15 is 0 Å². The molecule has 1 rings (SSSR count). The molecule has 7 nitrogen and oxygen atoms in total. The van der Waals surface area contributed by atoms with Gasteiger partial charge in [0, 0.05) is 12.1 Å². The standard InChI is InChI=1S/C10H11FO7S/c11-7-1-8(3-9(2-7)19(15,16)17)18-10(14)6(4-12)5-13/h1-3,6,12-13H,4-5H2,(H,15,16,17). The highest BCUT2D eigenvalue weighted by Crippen LogP contribution is 2.20. The Morgan fingerprint density at radius 2 is 1.84 bits per heavy atom. The van der Waals surface area contributed by atoms with Crippen LogP contribution in [-0.4, -0.2) is 42.4 Å². The van der Waals surface area contributed by atoms with E-state index in [1.165, 1.54) is 0 Å². The first-order valence-corrected chi connectivity index (χ1v) is 6.43. The molecule has 0 bridgehead atoms. The summed E-state index contributed by atoms with van der Waals surface area (Å²) in [5.41, 5.74) is 0. The van der Waals surface area contributed by atoms with Crippen LogP contribution in [-0.2, 0) is 14.9 Å². The Morgan fingerprint density at radius 1 is 1.26 bits per heavy atom. The van der Waals surface area contributed by atoms with Crippen LogP contribution in [0.3, 0.4) is 0 Å². The molecule has 0 heterocycles. The Balaban J connectivity index is 3.03. The van der Waals surface area contributed by atoms with Gasteiger partial charge in [-0.1, -0.05) is 0 Å². The third-order valence-corrected chi connectivity index (χ3v) is 2.97. The van der Waals surface area contributed by atoms with Crippen molar-refractivity contribution in [2.24, 2.45) is 5.92 Å². The topological polar surface area (TPSA) is 121 Å². The number of aliphatic hydroxyl groups excluding tert-OH is 2. The van der Waals surface area contributed by atoms with Crippen LogP contribution in [0.15, 0.2) is 23.1 Å². The van der Waals surface area contributed by atoms with Gasteiger partial charge in [0.1, 0.15) is 22.4 Å². The van der Waals surface area contributed by atoms with E-state index in [1.807, 2.05) is 0 Å². The number of ether oxygens (including phenoxy) is 1. The summed E-state index contributed by atoms with van der Waals surface area (Å²) in [6, 6.07) is 2.00. The van der Waals surface area contributed by atoms with Crippen LogP contribution in [0.5, 0.6) is 5.75 Å². The molecule has 1 aromatic carbocycles. The molecule has 0 aromatic heterocycles. The summed E-state index contributed by atoms with van der Waals surface area (Å²) in [4.78, 5) is 10.6. The fraction of sp³-hybridized carbons (Fsp3) is 0.300. The summed E-state index contributed by atoms with van der Waals surface area (Å²) < 4.78 is 48.1. The molecule has 0 aliphatic rings. The Kier molecular flexibility index (Phi) is 4.95. The lowest BCUT2D eigenvalue weighted by molar-refractivity contribution is -0.141. The van der Waals surface area contributed by atoms with Crippen molar-refractivity contribution < 1.29 is 37.1 Å². The molecule has 3 N–H and O–H groups in total. The monoisotopic (exact) mass is 294 g/mol. The number of benzene rings is 1. The molecule has 0 fully saturated rings. The van der Waals surface area contributed by atoms with Crippen LogP contribution in [0, 0.1) is 11.7 Å². The SMILES string of the molecule is O=C(Oc1cc(F)cc(S(=O)(=O)O)c1)C(CO)CO. The van der Waals surface area contributed by atoms with E-state index in [9.17, 15) is 17.6 Å². The number of hydrogen-bond donors (Lipinski definition) is 3. The molecule has 0 amide bonds. The van der Waals surface area contributed by atoms with Crippen molar-refractivity contribution in [3.63, 3.8) is 0 Å². The van der Waals surface area contributed by atoms with Crippen molar-refractivity contribution in [3.8, 4) is 5.75 Å². The van der Waals surface area contributed by atoms with Crippen molar-refractivity contribution in [3.05, 3.63) is 24.0 Å². The maximum Gasteiger partial charge on any atom is 0.319 e. The molecule has 0 atom stereocenters. The predicted molar refractivity (Wildman–Crippen MR) is 59.5 cm³/mol. The summed E-state index contributed by atoms with van der Waals surface area (Å²) in [5, 5.41) is 17.5. The maximum atomic E-state index is 13.1. The van der Waals surface area contributed by atoms with E-state index in [0.717, 1.165) is 12.1 Å². The van der Waals surface area contributed by atoms with Gasteiger partial charge in [-0.3, -0.25) is 9.35 Å². The molecule has 0 saturated heterocycles. The smallest absolute Gasteiger partial charge is 0.319 e. The second-order valence-corrected chi connectivity index (χ2v) is 5.00. The highest BCUT2D eigenvalue weighted by molar-refractivity contribution is 7.85. The van der Waals surface area contributed by atoms with Crippen LogP contribution in [0.25, 0.3) is 0 Å². The van der Waals surface area contributed by atoms with Gasteiger partial charge in [-0.15, -0.1) is 0 Å². The largest absolute Gasteiger partial charge is 0.426 e. The van der Waals surface area contributed by atoms with Gasteiger partial charge in [-0.25, -0.2) is 4.39 Å². The number of aliphatic hydroxyl groups is 2. The molecule has 0 radical (unpaired) electrons. The number of carbonyl (C=O) groups excluding carboxylic acids is 1. The molecule has 9 heteroatoms. The zero-order chi connectivity index (χ0) is 14.6. The molecule has 0 spiro atoms. The fourth-order valence-corrected chi connectivity index (χ4v) is 1.68. The summed E-state index contributed by atoms with van der Waals surface area (Å²) in [6.45, 7) is -1.37. The molecule has 19 heavy (non-hydrogen) atoms. The van der Waals surface area contributed by atoms with E-state index in [0.29, 0.717) is 6.07 Å². The van der Waals surface area contributed by atoms with Gasteiger partial charge in [0.25, 0.3) is 10.1 Å². The Hall–Kier alpha value is -1.55. The van der Waals surface area contributed by atoms with E-state index in [2.05, 4.69) is 4.74 Å². The van der Waals surface area contributed by atoms with Gasteiger partial charge in [-0.2, -0.15) is 8.42 Å². The van der Waals surface area contributed by atoms with Crippen LogP contribution >= 0.6 is 0 Å². The first-order valence-electron chi connectivity index (χ1n) is 4.99. The van der Waals surface area contributed by atoms with Crippen molar-refractivity contribution in [1.29, 1.82) is 0 Å². The Morgan fingerprint density at radius 3 is 2.32 bits per heavy atom. The third-order valence-electron chi connectivity index (χ3n) is 2.14. The molecule has 106 valence electrons. The lowest BCUT2D eigenvalue weighted by Gasteiger charge is -2.11. The first kappa shape index (κ1) is 15.5. The summed E-state index contributed by atoms with van der Waals surface area (Å²) >= 11 is 0. The minimum Gasteiger partial charge on any atom is -0.426 e. The second kappa shape index (κ2) is 6.06. The van der Waals surface area contributed by atoms with E-state index < -0.39 is 51.7 Å². The molecule has 1 aromatic rings. The van der Waals surface area contributed by atoms with Crippen molar-refractivity contribution in [1.82, 2.24) is 0 Å². The predicted octanol–water partition coefficient (Wildman–Crippen LogP) is -0.421. The normalized spacial score (nSPS) is 11.6. The number of rotatable bonds is 5. The zero-order valence-electron chi connectivity index (χ0n) is 9.48. The molecule has 0 aliphatic carbocycles. The minimum absolute atomic E-state index is 0.468. The quantitative estimate of drug-likeness (QED) is 0.383. The molecular formula is C10H11FO7S. The van der Waals surface area contributed by atoms with Crippen LogP contribution < -0.4 is 4.74 Å². The number of esters is 1. The highest BCUT2D eigenvalue weighted by Gasteiger charge is 2.20. The molecule has 0 saturated carbocycles. The van der Waals surface area contributed by atoms with Crippen LogP contribution in [0.2, 0.25) is 0 Å². The lowest BCUT2D eigenvalue weighted by Crippen LogP contribution is -2.26. The molecule has 0 unspecified atom stereocenters. The number of hydrogen-bond acceptors (Lipinski definition) is 6. The lowest BCUT2D eigenvalue weighted by atomic mass is 10.2. The third kappa shape index (κ3) is 4.24. The van der Waals surface area contributed by atoms with Gasteiger partial charge in [0.2, 0.25) is 0 Å². The van der Waals surface area contributed by atoms with Crippen LogP contribution in [0.4, 0.5) is 4.39 Å². The van der Waals surface area contributed by atoms with Gasteiger partial charge >= 0.3 is 5.97 Å². The number of carbonyl (C=O) groups is 1. The Labute approximate surface area is 108 Å². The summed E-state index contributed by atoms with van der Waals surface area (Å²) in [7, 11) is -4.65. The summed E-state index contributed by atoms with van der Waals surface area (Å²) in [5.74, 6) is -3.79. The fourth-order valence-electron chi connectivity index (χ4n) is 1.15. The van der Waals surface area contributed by atoms with Crippen molar-refractivity contribution >= 4 is 16.1 Å². The van der Waals surface area contributed by atoms with Gasteiger partial charge in [0.05, 0.1) is 13.2 Å². The molecule has 0 aliphatic heterocycles. The van der Waals surface area contributed by atoms with Crippen molar-refractivity contribution in [2.45, 2.75) is 4.90 Å². The van der Waals surface area contributed by atoms with E-state index in [1.54, 1.807) is 0 Å².